The molecule has 0 saturated heterocycles. The lowest BCUT2D eigenvalue weighted by Crippen LogP contribution is -2.33. The van der Waals surface area contributed by atoms with Gasteiger partial charge in [-0.25, -0.2) is 0 Å². The number of hydrogen-bond acceptors (Lipinski definition) is 3. The number of aromatic nitrogens is 2. The summed E-state index contributed by atoms with van der Waals surface area (Å²) in [6.07, 6.45) is 1.61. The molecule has 0 aliphatic heterocycles. The molecule has 2 rings (SSSR count). The fourth-order valence-electron chi connectivity index (χ4n) is 2.19. The third-order valence-electron chi connectivity index (χ3n) is 3.18. The van der Waals surface area contributed by atoms with Crippen molar-refractivity contribution in [1.82, 2.24) is 14.5 Å². The minimum absolute atomic E-state index is 0.0426. The van der Waals surface area contributed by atoms with Crippen LogP contribution in [0.2, 0.25) is 0 Å². The van der Waals surface area contributed by atoms with Crippen LogP contribution in [0.5, 0.6) is 0 Å². The van der Waals surface area contributed by atoms with Crippen LogP contribution < -0.4 is 5.56 Å². The first-order valence-electron chi connectivity index (χ1n) is 6.79. The molecule has 0 spiro atoms. The van der Waals surface area contributed by atoms with E-state index in [1.807, 2.05) is 26.0 Å². The minimum Gasteiger partial charge on any atom is -0.338 e. The van der Waals surface area contributed by atoms with E-state index in [0.29, 0.717) is 6.54 Å². The van der Waals surface area contributed by atoms with Crippen molar-refractivity contribution in [1.29, 1.82) is 0 Å². The van der Waals surface area contributed by atoms with Gasteiger partial charge >= 0.3 is 0 Å². The molecule has 0 atom stereocenters. The summed E-state index contributed by atoms with van der Waals surface area (Å²) in [7, 11) is 1.72. The van der Waals surface area contributed by atoms with Gasteiger partial charge in [-0.2, -0.15) is 0 Å². The van der Waals surface area contributed by atoms with Crippen molar-refractivity contribution in [3.8, 4) is 0 Å². The zero-order valence-corrected chi connectivity index (χ0v) is 12.5. The number of rotatable bonds is 4. The van der Waals surface area contributed by atoms with E-state index in [0.717, 1.165) is 17.0 Å². The molecule has 5 nitrogen and oxygen atoms in total. The van der Waals surface area contributed by atoms with Crippen LogP contribution in [-0.2, 0) is 17.9 Å². The third-order valence-corrected chi connectivity index (χ3v) is 3.18. The molecule has 0 saturated carbocycles. The van der Waals surface area contributed by atoms with E-state index >= 15 is 0 Å². The standard InChI is InChI=1S/C16H19N3O2/c1-12-8-13(2)17-14(9-12)10-18(3)16(21)11-19-7-5-4-6-15(19)20/h4-9H,10-11H2,1-3H3. The zero-order chi connectivity index (χ0) is 15.4. The highest BCUT2D eigenvalue weighted by atomic mass is 16.2. The normalized spacial score (nSPS) is 10.4. The van der Waals surface area contributed by atoms with Gasteiger partial charge in [0.15, 0.2) is 0 Å². The fourth-order valence-corrected chi connectivity index (χ4v) is 2.19. The Morgan fingerprint density at radius 2 is 2.05 bits per heavy atom. The fraction of sp³-hybridized carbons (Fsp3) is 0.312. The maximum atomic E-state index is 12.2. The number of hydrogen-bond donors (Lipinski definition) is 0. The van der Waals surface area contributed by atoms with Gasteiger partial charge in [-0.15, -0.1) is 0 Å². The van der Waals surface area contributed by atoms with E-state index in [1.165, 1.54) is 10.6 Å². The summed E-state index contributed by atoms with van der Waals surface area (Å²) in [6, 6.07) is 8.80. The molecule has 0 aromatic carbocycles. The van der Waals surface area contributed by atoms with Gasteiger partial charge < -0.3 is 9.47 Å². The van der Waals surface area contributed by atoms with Crippen LogP contribution in [0.3, 0.4) is 0 Å². The van der Waals surface area contributed by atoms with Crippen molar-refractivity contribution in [3.05, 3.63) is 63.8 Å². The van der Waals surface area contributed by atoms with Gasteiger partial charge in [-0.3, -0.25) is 14.6 Å². The van der Waals surface area contributed by atoms with Gasteiger partial charge in [0.25, 0.3) is 5.56 Å². The molecule has 0 aliphatic rings. The first kappa shape index (κ1) is 15.0. The second-order valence-electron chi connectivity index (χ2n) is 5.19. The largest absolute Gasteiger partial charge is 0.338 e. The number of aryl methyl sites for hydroxylation is 2. The summed E-state index contributed by atoms with van der Waals surface area (Å²) in [5.74, 6) is -0.121. The number of carbonyl (C=O) groups is 1. The second-order valence-corrected chi connectivity index (χ2v) is 5.19. The topological polar surface area (TPSA) is 55.2 Å². The highest BCUT2D eigenvalue weighted by Crippen LogP contribution is 2.07. The predicted molar refractivity (Wildman–Crippen MR) is 80.9 cm³/mol. The summed E-state index contributed by atoms with van der Waals surface area (Å²) < 4.78 is 1.40. The molecule has 0 bridgehead atoms. The van der Waals surface area contributed by atoms with E-state index in [2.05, 4.69) is 4.98 Å². The van der Waals surface area contributed by atoms with Crippen molar-refractivity contribution < 1.29 is 4.79 Å². The molecule has 0 radical (unpaired) electrons. The van der Waals surface area contributed by atoms with Crippen LogP contribution in [0.25, 0.3) is 0 Å². The Morgan fingerprint density at radius 1 is 1.29 bits per heavy atom. The van der Waals surface area contributed by atoms with Gasteiger partial charge in [0, 0.05) is 25.0 Å². The van der Waals surface area contributed by atoms with Crippen molar-refractivity contribution in [3.63, 3.8) is 0 Å². The van der Waals surface area contributed by atoms with Crippen molar-refractivity contribution in [2.24, 2.45) is 0 Å². The predicted octanol–water partition coefficient (Wildman–Crippen LogP) is 1.52. The number of pyridine rings is 2. The quantitative estimate of drug-likeness (QED) is 0.856. The van der Waals surface area contributed by atoms with Gasteiger partial charge in [0.2, 0.25) is 5.91 Å². The Bertz CT molecular complexity index is 686. The molecule has 0 N–H and O–H groups in total. The first-order chi connectivity index (χ1) is 9.95. The third kappa shape index (κ3) is 4.02. The number of amides is 1. The number of likely N-dealkylation sites (N-methyl/N-ethyl adjacent to an activating group) is 1. The average Bonchev–Trinajstić information content (AvgIpc) is 2.40. The van der Waals surface area contributed by atoms with Crippen LogP contribution in [0.1, 0.15) is 17.0 Å². The van der Waals surface area contributed by atoms with E-state index in [9.17, 15) is 9.59 Å². The number of nitrogens with zero attached hydrogens (tertiary/aromatic N) is 3. The Labute approximate surface area is 123 Å². The van der Waals surface area contributed by atoms with Gasteiger partial charge in [0.05, 0.1) is 12.2 Å². The Balaban J connectivity index is 2.06. The van der Waals surface area contributed by atoms with Crippen LogP contribution in [0.4, 0.5) is 0 Å². The van der Waals surface area contributed by atoms with Crippen molar-refractivity contribution >= 4 is 5.91 Å². The Kier molecular flexibility index (Phi) is 4.52. The minimum atomic E-state index is -0.177. The van der Waals surface area contributed by atoms with Crippen LogP contribution in [0.15, 0.2) is 41.3 Å². The zero-order valence-electron chi connectivity index (χ0n) is 12.5. The monoisotopic (exact) mass is 285 g/mol. The van der Waals surface area contributed by atoms with E-state index < -0.39 is 0 Å². The van der Waals surface area contributed by atoms with E-state index in [-0.39, 0.29) is 18.0 Å². The SMILES string of the molecule is Cc1cc(C)nc(CN(C)C(=O)Cn2ccccc2=O)c1. The van der Waals surface area contributed by atoms with Gasteiger partial charge in [-0.05, 0) is 37.6 Å². The molecule has 5 heteroatoms. The second kappa shape index (κ2) is 6.35. The summed E-state index contributed by atoms with van der Waals surface area (Å²) in [6.45, 7) is 4.41. The lowest BCUT2D eigenvalue weighted by molar-refractivity contribution is -0.131. The van der Waals surface area contributed by atoms with Gasteiger partial charge in [0.1, 0.15) is 6.54 Å². The molecule has 110 valence electrons. The highest BCUT2D eigenvalue weighted by molar-refractivity contribution is 5.75. The molecule has 21 heavy (non-hydrogen) atoms. The lowest BCUT2D eigenvalue weighted by atomic mass is 10.2. The van der Waals surface area contributed by atoms with Crippen LogP contribution in [-0.4, -0.2) is 27.4 Å². The first-order valence-corrected chi connectivity index (χ1v) is 6.79. The Hall–Kier alpha value is -2.43. The molecule has 2 aromatic heterocycles. The van der Waals surface area contributed by atoms with Crippen molar-refractivity contribution in [2.45, 2.75) is 26.9 Å². The summed E-state index contributed by atoms with van der Waals surface area (Å²) in [4.78, 5) is 29.8. The number of carbonyl (C=O) groups excluding carboxylic acids is 1. The average molecular weight is 285 g/mol. The molecule has 2 aromatic rings. The molecule has 1 amide bonds. The van der Waals surface area contributed by atoms with Crippen LogP contribution >= 0.6 is 0 Å². The maximum Gasteiger partial charge on any atom is 0.250 e. The summed E-state index contributed by atoms with van der Waals surface area (Å²) >= 11 is 0. The van der Waals surface area contributed by atoms with Crippen molar-refractivity contribution in [2.75, 3.05) is 7.05 Å². The summed E-state index contributed by atoms with van der Waals surface area (Å²) in [5, 5.41) is 0. The Morgan fingerprint density at radius 3 is 2.71 bits per heavy atom. The molecular weight excluding hydrogens is 266 g/mol. The molecule has 2 heterocycles. The molecule has 0 unspecified atom stereocenters. The van der Waals surface area contributed by atoms with Gasteiger partial charge in [-0.1, -0.05) is 6.07 Å². The smallest absolute Gasteiger partial charge is 0.250 e. The molecule has 0 aliphatic carbocycles. The highest BCUT2D eigenvalue weighted by Gasteiger charge is 2.11. The summed E-state index contributed by atoms with van der Waals surface area (Å²) in [5.41, 5.74) is 2.73. The lowest BCUT2D eigenvalue weighted by Gasteiger charge is -2.18. The van der Waals surface area contributed by atoms with Crippen LogP contribution in [0, 0.1) is 13.8 Å². The van der Waals surface area contributed by atoms with E-state index in [1.54, 1.807) is 30.3 Å². The molecular formula is C16H19N3O2. The molecule has 0 fully saturated rings. The van der Waals surface area contributed by atoms with E-state index in [4.69, 9.17) is 0 Å². The maximum absolute atomic E-state index is 12.2.